The number of benzene rings is 1. The molecule has 2 unspecified atom stereocenters. The van der Waals surface area contributed by atoms with Gasteiger partial charge in [-0.3, -0.25) is 4.79 Å². The topological polar surface area (TPSA) is 164 Å². The fraction of sp³-hybridized carbons (Fsp3) is 0.462. The van der Waals surface area contributed by atoms with Crippen LogP contribution >= 0.6 is 0 Å². The van der Waals surface area contributed by atoms with Crippen LogP contribution in [-0.4, -0.2) is 32.3 Å². The Morgan fingerprint density at radius 1 is 1.38 bits per heavy atom. The number of aliphatic hydroxyl groups is 1. The summed E-state index contributed by atoms with van der Waals surface area (Å²) >= 11 is 0. The van der Waals surface area contributed by atoms with Gasteiger partial charge in [-0.15, -0.1) is 0 Å². The van der Waals surface area contributed by atoms with Crippen LogP contribution in [0.25, 0.3) is 20.9 Å². The summed E-state index contributed by atoms with van der Waals surface area (Å²) in [6, 6.07) is 4.24. The molecule has 1 aromatic rings. The zero-order chi connectivity index (χ0) is 17.8. The van der Waals surface area contributed by atoms with Gasteiger partial charge in [0.1, 0.15) is 0 Å². The molecule has 1 aliphatic rings. The van der Waals surface area contributed by atoms with Gasteiger partial charge in [-0.25, -0.2) is 4.21 Å². The molecule has 0 aliphatic carbocycles. The van der Waals surface area contributed by atoms with Crippen LogP contribution < -0.4 is 0 Å². The Kier molecular flexibility index (Phi) is 5.10. The fourth-order valence-electron chi connectivity index (χ4n) is 2.40. The molecule has 1 aliphatic heterocycles. The second-order valence-electron chi connectivity index (χ2n) is 5.73. The average molecular weight is 349 g/mol. The third-order valence-corrected chi connectivity index (χ3v) is 5.86. The van der Waals surface area contributed by atoms with Crippen molar-refractivity contribution in [2.24, 2.45) is 14.6 Å². The van der Waals surface area contributed by atoms with Crippen molar-refractivity contribution in [1.82, 2.24) is 0 Å². The van der Waals surface area contributed by atoms with Gasteiger partial charge < -0.3 is 5.11 Å². The van der Waals surface area contributed by atoms with Gasteiger partial charge in [-0.2, -0.15) is 4.36 Å². The third kappa shape index (κ3) is 4.46. The number of carbonyl (C=O) groups excluding carboxylic acids is 1. The smallest absolute Gasteiger partial charge is 0.285 e. The highest BCUT2D eigenvalue weighted by Crippen LogP contribution is 2.26. The molecule has 1 heterocycles. The minimum absolute atomic E-state index is 0.0321. The third-order valence-electron chi connectivity index (χ3n) is 3.45. The van der Waals surface area contributed by atoms with Crippen molar-refractivity contribution < 1.29 is 14.1 Å². The number of hydrogen-bond acceptors (Lipinski definition) is 5. The minimum Gasteiger partial charge on any atom is -0.389 e. The molecule has 10 nitrogen and oxygen atoms in total. The largest absolute Gasteiger partial charge is 0.389 e. The fourth-order valence-corrected chi connectivity index (χ4v) is 4.99. The van der Waals surface area contributed by atoms with E-state index >= 15 is 0 Å². The van der Waals surface area contributed by atoms with Gasteiger partial charge in [-0.1, -0.05) is 10.2 Å². The predicted octanol–water partition coefficient (Wildman–Crippen LogP) is 3.20. The maximum absolute atomic E-state index is 12.6. The van der Waals surface area contributed by atoms with Crippen LogP contribution in [0.3, 0.4) is 0 Å². The average Bonchev–Trinajstić information content (AvgIpc) is 2.78. The summed E-state index contributed by atoms with van der Waals surface area (Å²) in [5, 5.41) is 16.7. The van der Waals surface area contributed by atoms with Gasteiger partial charge in [0.25, 0.3) is 5.91 Å². The van der Waals surface area contributed by atoms with Crippen molar-refractivity contribution >= 4 is 21.3 Å². The molecule has 1 fully saturated rings. The van der Waals surface area contributed by atoms with E-state index in [0.29, 0.717) is 12.0 Å². The predicted molar refractivity (Wildman–Crippen MR) is 88.0 cm³/mol. The first-order valence-corrected chi connectivity index (χ1v) is 8.81. The second kappa shape index (κ2) is 6.90. The molecule has 0 aromatic heterocycles. The van der Waals surface area contributed by atoms with Crippen LogP contribution in [0.15, 0.2) is 32.8 Å². The molecule has 126 valence electrons. The Bertz CT molecular complexity index is 889. The molecule has 2 rings (SSSR count). The van der Waals surface area contributed by atoms with Crippen molar-refractivity contribution in [2.75, 3.05) is 11.5 Å². The van der Waals surface area contributed by atoms with Crippen LogP contribution in [0.4, 0.5) is 5.69 Å². The Labute approximate surface area is 137 Å². The van der Waals surface area contributed by atoms with Crippen molar-refractivity contribution in [2.45, 2.75) is 25.5 Å². The summed E-state index contributed by atoms with van der Waals surface area (Å²) in [6.45, 7) is 1.52. The molecular formula is C13H15N7O3S. The summed E-state index contributed by atoms with van der Waals surface area (Å²) in [5.41, 5.74) is 16.5. The summed E-state index contributed by atoms with van der Waals surface area (Å²) in [6.07, 6.45) is 0.309. The monoisotopic (exact) mass is 349 g/mol. The number of azide groups is 2. The molecule has 11 heteroatoms. The quantitative estimate of drug-likeness (QED) is 0.502. The molecule has 1 aromatic carbocycles. The van der Waals surface area contributed by atoms with E-state index in [-0.39, 0.29) is 29.3 Å². The first-order valence-electron chi connectivity index (χ1n) is 6.96. The van der Waals surface area contributed by atoms with Gasteiger partial charge in [-0.05, 0) is 48.2 Å². The molecule has 24 heavy (non-hydrogen) atoms. The lowest BCUT2D eigenvalue weighted by Gasteiger charge is -2.12. The molecule has 1 amide bonds. The number of hydrogen-bond donors (Lipinski definition) is 1. The summed E-state index contributed by atoms with van der Waals surface area (Å²) < 4.78 is 16.3. The molecule has 0 saturated carbocycles. The van der Waals surface area contributed by atoms with E-state index < -0.39 is 21.2 Å². The number of nitrogens with zero attached hydrogens (tertiary/aromatic N) is 7. The highest BCUT2D eigenvalue weighted by atomic mass is 32.2. The van der Waals surface area contributed by atoms with Crippen LogP contribution in [-0.2, 0) is 16.3 Å². The first-order chi connectivity index (χ1) is 11.3. The Morgan fingerprint density at radius 3 is 2.71 bits per heavy atom. The maximum Gasteiger partial charge on any atom is 0.285 e. The van der Waals surface area contributed by atoms with Gasteiger partial charge in [0.15, 0.2) is 0 Å². The molecule has 2 atom stereocenters. The number of rotatable bonds is 4. The maximum atomic E-state index is 12.6. The standard InChI is InChI=1S/C13H15N7O3S/c1-13(22)2-3-24(23,8-13)18-12(21)10-4-9(7-16-19-14)5-11(6-10)17-20-15/h4-6,22H,2-3,7-8H2,1H3. The SMILES string of the molecule is CC1(O)CCS(=O)(=NC(=O)c2cc(CN=[N+]=[N-])cc(N=[N+]=[N-])c2)C1. The number of carbonyl (C=O) groups is 1. The summed E-state index contributed by atoms with van der Waals surface area (Å²) in [5.74, 6) is -0.643. The molecular weight excluding hydrogens is 334 g/mol. The highest BCUT2D eigenvalue weighted by molar-refractivity contribution is 7.94. The first kappa shape index (κ1) is 17.8. The lowest BCUT2D eigenvalue weighted by Crippen LogP contribution is -2.24. The van der Waals surface area contributed by atoms with E-state index in [1.54, 1.807) is 6.92 Å². The zero-order valence-corrected chi connectivity index (χ0v) is 13.7. The van der Waals surface area contributed by atoms with Crippen molar-refractivity contribution in [1.29, 1.82) is 0 Å². The highest BCUT2D eigenvalue weighted by Gasteiger charge is 2.35. The lowest BCUT2D eigenvalue weighted by atomic mass is 10.1. The van der Waals surface area contributed by atoms with Crippen LogP contribution in [0, 0.1) is 0 Å². The van der Waals surface area contributed by atoms with E-state index in [9.17, 15) is 14.1 Å². The second-order valence-corrected chi connectivity index (χ2v) is 8.16. The van der Waals surface area contributed by atoms with Crippen LogP contribution in [0.5, 0.6) is 0 Å². The van der Waals surface area contributed by atoms with E-state index in [0.717, 1.165) is 0 Å². The van der Waals surface area contributed by atoms with Crippen LogP contribution in [0.1, 0.15) is 29.3 Å². The van der Waals surface area contributed by atoms with E-state index in [2.05, 4.69) is 24.4 Å². The summed E-state index contributed by atoms with van der Waals surface area (Å²) in [4.78, 5) is 17.6. The molecule has 1 N–H and O–H groups in total. The lowest BCUT2D eigenvalue weighted by molar-refractivity contribution is 0.0886. The van der Waals surface area contributed by atoms with Gasteiger partial charge in [0, 0.05) is 26.8 Å². The van der Waals surface area contributed by atoms with Crippen molar-refractivity contribution in [3.63, 3.8) is 0 Å². The van der Waals surface area contributed by atoms with Gasteiger partial charge in [0.05, 0.1) is 27.6 Å². The Morgan fingerprint density at radius 2 is 2.12 bits per heavy atom. The minimum atomic E-state index is -2.82. The van der Waals surface area contributed by atoms with Crippen molar-refractivity contribution in [3.8, 4) is 0 Å². The molecule has 0 bridgehead atoms. The van der Waals surface area contributed by atoms with Gasteiger partial charge in [0.2, 0.25) is 0 Å². The van der Waals surface area contributed by atoms with E-state index in [4.69, 9.17) is 11.1 Å². The Hall–Kier alpha value is -2.58. The van der Waals surface area contributed by atoms with E-state index in [1.165, 1.54) is 18.2 Å². The van der Waals surface area contributed by atoms with E-state index in [1.807, 2.05) is 0 Å². The summed E-state index contributed by atoms with van der Waals surface area (Å²) in [7, 11) is -2.82. The van der Waals surface area contributed by atoms with Crippen molar-refractivity contribution in [3.05, 3.63) is 50.2 Å². The Balaban J connectivity index is 2.41. The van der Waals surface area contributed by atoms with Gasteiger partial charge >= 0.3 is 0 Å². The molecule has 0 radical (unpaired) electrons. The molecule has 0 spiro atoms. The zero-order valence-electron chi connectivity index (χ0n) is 12.9. The number of amides is 1. The van der Waals surface area contributed by atoms with Crippen LogP contribution in [0.2, 0.25) is 0 Å². The normalized spacial score (nSPS) is 25.4. The molecule has 1 saturated heterocycles.